The first-order chi connectivity index (χ1) is 6.37. The molecule has 0 bridgehead atoms. The van der Waals surface area contributed by atoms with Crippen LogP contribution in [0.15, 0.2) is 12.1 Å². The van der Waals surface area contributed by atoms with Gasteiger partial charge in [-0.25, -0.2) is 0 Å². The molecule has 0 atom stereocenters. The van der Waals surface area contributed by atoms with Gasteiger partial charge in [0, 0.05) is 29.1 Å². The fourth-order valence-corrected chi connectivity index (χ4v) is 1.15. The van der Waals surface area contributed by atoms with Gasteiger partial charge in [-0.3, -0.25) is 4.98 Å². The van der Waals surface area contributed by atoms with E-state index in [1.54, 1.807) is 0 Å². The minimum Gasteiger partial charge on any atom is -0.492 e. The molecule has 78 valence electrons. The van der Waals surface area contributed by atoms with E-state index in [2.05, 4.69) is 4.98 Å². The summed E-state index contributed by atoms with van der Waals surface area (Å²) in [5, 5.41) is 0. The number of rotatable bonds is 3. The maximum absolute atomic E-state index is 5.82. The Balaban J connectivity index is 2.68. The molecular weight excluding hydrogens is 176 g/mol. The van der Waals surface area contributed by atoms with Crippen LogP contribution in [0.4, 0.5) is 0 Å². The van der Waals surface area contributed by atoms with Crippen molar-refractivity contribution in [3.8, 4) is 5.75 Å². The van der Waals surface area contributed by atoms with Crippen molar-refractivity contribution >= 4 is 0 Å². The number of hydrogen-bond donors (Lipinski definition) is 1. The second-order valence-electron chi connectivity index (χ2n) is 4.36. The van der Waals surface area contributed by atoms with E-state index in [9.17, 15) is 0 Å². The lowest BCUT2D eigenvalue weighted by Gasteiger charge is -2.19. The first-order valence-corrected chi connectivity index (χ1v) is 4.74. The molecular formula is C11H18N2O. The van der Waals surface area contributed by atoms with E-state index in [4.69, 9.17) is 10.5 Å². The maximum atomic E-state index is 5.82. The molecule has 1 aromatic rings. The molecule has 0 aliphatic rings. The summed E-state index contributed by atoms with van der Waals surface area (Å²) < 4.78 is 5.57. The Bertz CT molecular complexity index is 295. The van der Waals surface area contributed by atoms with Crippen LogP contribution >= 0.6 is 0 Å². The fraction of sp³-hybridized carbons (Fsp3) is 0.545. The van der Waals surface area contributed by atoms with Crippen LogP contribution in [-0.2, 0) is 0 Å². The zero-order valence-electron chi connectivity index (χ0n) is 9.29. The second kappa shape index (κ2) is 3.96. The molecule has 0 aliphatic carbocycles. The van der Waals surface area contributed by atoms with Crippen LogP contribution in [0.1, 0.15) is 25.2 Å². The van der Waals surface area contributed by atoms with Crippen molar-refractivity contribution in [1.29, 1.82) is 0 Å². The molecule has 3 heteroatoms. The molecule has 0 fully saturated rings. The van der Waals surface area contributed by atoms with Gasteiger partial charge < -0.3 is 10.5 Å². The first-order valence-electron chi connectivity index (χ1n) is 4.74. The smallest absolute Gasteiger partial charge is 0.123 e. The van der Waals surface area contributed by atoms with Crippen molar-refractivity contribution in [3.05, 3.63) is 23.5 Å². The zero-order valence-corrected chi connectivity index (χ0v) is 9.29. The third-order valence-corrected chi connectivity index (χ3v) is 1.67. The lowest BCUT2D eigenvalue weighted by Crippen LogP contribution is -2.38. The van der Waals surface area contributed by atoms with E-state index in [1.807, 2.05) is 39.8 Å². The topological polar surface area (TPSA) is 48.1 Å². The highest BCUT2D eigenvalue weighted by atomic mass is 16.5. The number of nitrogens with zero attached hydrogens (tertiary/aromatic N) is 1. The van der Waals surface area contributed by atoms with E-state index in [-0.39, 0.29) is 5.54 Å². The summed E-state index contributed by atoms with van der Waals surface area (Å²) in [7, 11) is 0. The average Bonchev–Trinajstić information content (AvgIpc) is 1.97. The average molecular weight is 194 g/mol. The van der Waals surface area contributed by atoms with Crippen molar-refractivity contribution in [1.82, 2.24) is 4.98 Å². The summed E-state index contributed by atoms with van der Waals surface area (Å²) in [6.45, 7) is 8.29. The third kappa shape index (κ3) is 3.75. The minimum atomic E-state index is -0.301. The maximum Gasteiger partial charge on any atom is 0.123 e. The number of ether oxygens (including phenoxy) is 1. The van der Waals surface area contributed by atoms with Gasteiger partial charge in [0.05, 0.1) is 0 Å². The molecule has 0 saturated carbocycles. The number of aryl methyl sites for hydroxylation is 2. The van der Waals surface area contributed by atoms with Gasteiger partial charge in [-0.2, -0.15) is 0 Å². The molecule has 0 spiro atoms. The number of nitrogens with two attached hydrogens (primary N) is 1. The summed E-state index contributed by atoms with van der Waals surface area (Å²) >= 11 is 0. The monoisotopic (exact) mass is 194 g/mol. The van der Waals surface area contributed by atoms with Gasteiger partial charge in [-0.1, -0.05) is 0 Å². The lowest BCUT2D eigenvalue weighted by atomic mass is 10.1. The van der Waals surface area contributed by atoms with Crippen LogP contribution in [0.5, 0.6) is 5.75 Å². The second-order valence-corrected chi connectivity index (χ2v) is 4.36. The molecule has 0 unspecified atom stereocenters. The highest BCUT2D eigenvalue weighted by Gasteiger charge is 2.11. The van der Waals surface area contributed by atoms with Gasteiger partial charge in [0.15, 0.2) is 0 Å². The summed E-state index contributed by atoms with van der Waals surface area (Å²) in [5.74, 6) is 0.841. The molecule has 14 heavy (non-hydrogen) atoms. The number of pyridine rings is 1. The van der Waals surface area contributed by atoms with Crippen LogP contribution in [0.2, 0.25) is 0 Å². The number of aromatic nitrogens is 1. The SMILES string of the molecule is Cc1cc(OCC(C)(C)N)cc(C)n1. The van der Waals surface area contributed by atoms with Gasteiger partial charge in [0.1, 0.15) is 12.4 Å². The van der Waals surface area contributed by atoms with Crippen molar-refractivity contribution in [3.63, 3.8) is 0 Å². The largest absolute Gasteiger partial charge is 0.492 e. The van der Waals surface area contributed by atoms with Crippen LogP contribution in [0.3, 0.4) is 0 Å². The van der Waals surface area contributed by atoms with E-state index >= 15 is 0 Å². The van der Waals surface area contributed by atoms with Gasteiger partial charge in [-0.05, 0) is 27.7 Å². The number of hydrogen-bond acceptors (Lipinski definition) is 3. The van der Waals surface area contributed by atoms with Crippen LogP contribution in [0.25, 0.3) is 0 Å². The predicted molar refractivity (Wildman–Crippen MR) is 57.5 cm³/mol. The molecule has 0 saturated heterocycles. The quantitative estimate of drug-likeness (QED) is 0.798. The van der Waals surface area contributed by atoms with Gasteiger partial charge in [0.25, 0.3) is 0 Å². The van der Waals surface area contributed by atoms with Crippen molar-refractivity contribution < 1.29 is 4.74 Å². The molecule has 1 heterocycles. The molecule has 0 aromatic carbocycles. The van der Waals surface area contributed by atoms with Crippen LogP contribution < -0.4 is 10.5 Å². The van der Waals surface area contributed by atoms with E-state index < -0.39 is 0 Å². The molecule has 0 amide bonds. The first kappa shape index (κ1) is 11.0. The molecule has 1 rings (SSSR count). The minimum absolute atomic E-state index is 0.301. The van der Waals surface area contributed by atoms with Crippen LogP contribution in [-0.4, -0.2) is 17.1 Å². The summed E-state index contributed by atoms with van der Waals surface area (Å²) in [5.41, 5.74) is 7.45. The van der Waals surface area contributed by atoms with Gasteiger partial charge in [-0.15, -0.1) is 0 Å². The predicted octanol–water partition coefficient (Wildman–Crippen LogP) is 1.81. The van der Waals surface area contributed by atoms with Crippen molar-refractivity contribution in [2.24, 2.45) is 5.73 Å². The standard InChI is InChI=1S/C11H18N2O/c1-8-5-10(6-9(2)13-8)14-7-11(3,4)12/h5-6H,7,12H2,1-4H3. The van der Waals surface area contributed by atoms with Gasteiger partial charge >= 0.3 is 0 Å². The van der Waals surface area contributed by atoms with E-state index in [0.717, 1.165) is 17.1 Å². The van der Waals surface area contributed by atoms with Crippen LogP contribution in [0, 0.1) is 13.8 Å². The Hall–Kier alpha value is -1.09. The van der Waals surface area contributed by atoms with Gasteiger partial charge in [0.2, 0.25) is 0 Å². The Morgan fingerprint density at radius 3 is 2.21 bits per heavy atom. The normalized spacial score (nSPS) is 11.5. The third-order valence-electron chi connectivity index (χ3n) is 1.67. The highest BCUT2D eigenvalue weighted by Crippen LogP contribution is 2.14. The Kier molecular flexibility index (Phi) is 3.11. The Labute approximate surface area is 85.3 Å². The summed E-state index contributed by atoms with van der Waals surface area (Å²) in [6, 6.07) is 3.83. The summed E-state index contributed by atoms with van der Waals surface area (Å²) in [4.78, 5) is 4.27. The van der Waals surface area contributed by atoms with E-state index in [1.165, 1.54) is 0 Å². The molecule has 3 nitrogen and oxygen atoms in total. The Morgan fingerprint density at radius 1 is 1.29 bits per heavy atom. The zero-order chi connectivity index (χ0) is 10.8. The molecule has 2 N–H and O–H groups in total. The highest BCUT2D eigenvalue weighted by molar-refractivity contribution is 5.26. The molecule has 0 radical (unpaired) electrons. The molecule has 1 aromatic heterocycles. The summed E-state index contributed by atoms with van der Waals surface area (Å²) in [6.07, 6.45) is 0. The Morgan fingerprint density at radius 2 is 1.79 bits per heavy atom. The van der Waals surface area contributed by atoms with Crippen molar-refractivity contribution in [2.45, 2.75) is 33.2 Å². The van der Waals surface area contributed by atoms with E-state index in [0.29, 0.717) is 6.61 Å². The fourth-order valence-electron chi connectivity index (χ4n) is 1.15. The van der Waals surface area contributed by atoms with Crippen molar-refractivity contribution in [2.75, 3.05) is 6.61 Å². The molecule has 0 aliphatic heterocycles. The lowest BCUT2D eigenvalue weighted by molar-refractivity contribution is 0.243.